The SMILES string of the molecule is CCCNC(=O)[C@H](CC)N(Cc1cccc(C)c1)C(=O)CCCN(c1ccccc1C)S(C)(=O)=O. The second-order valence-electron chi connectivity index (χ2n) is 8.95. The third kappa shape index (κ3) is 8.38. The van der Waals surface area contributed by atoms with Crippen LogP contribution in [0.1, 0.15) is 56.2 Å². The van der Waals surface area contributed by atoms with E-state index in [4.69, 9.17) is 0 Å². The highest BCUT2D eigenvalue weighted by Crippen LogP contribution is 2.23. The molecule has 0 fully saturated rings. The maximum atomic E-state index is 13.4. The normalized spacial score (nSPS) is 12.1. The highest BCUT2D eigenvalue weighted by atomic mass is 32.2. The van der Waals surface area contributed by atoms with E-state index in [1.165, 1.54) is 10.6 Å². The Kier molecular flexibility index (Phi) is 10.8. The molecular weight excluding hydrogens is 462 g/mol. The monoisotopic (exact) mass is 501 g/mol. The summed E-state index contributed by atoms with van der Waals surface area (Å²) in [7, 11) is -3.51. The molecule has 1 N–H and O–H groups in total. The number of aryl methyl sites for hydroxylation is 2. The molecule has 0 heterocycles. The van der Waals surface area contributed by atoms with Crippen molar-refractivity contribution in [2.24, 2.45) is 0 Å². The van der Waals surface area contributed by atoms with Gasteiger partial charge in [-0.15, -0.1) is 0 Å². The van der Waals surface area contributed by atoms with Crippen LogP contribution in [-0.4, -0.2) is 50.5 Å². The van der Waals surface area contributed by atoms with Gasteiger partial charge < -0.3 is 10.2 Å². The molecule has 2 aromatic carbocycles. The van der Waals surface area contributed by atoms with Crippen LogP contribution in [-0.2, 0) is 26.2 Å². The van der Waals surface area contributed by atoms with Gasteiger partial charge in [0.1, 0.15) is 6.04 Å². The van der Waals surface area contributed by atoms with Gasteiger partial charge in [0.25, 0.3) is 0 Å². The molecule has 0 bridgehead atoms. The maximum Gasteiger partial charge on any atom is 0.242 e. The molecule has 2 aromatic rings. The second-order valence-corrected chi connectivity index (χ2v) is 10.9. The first kappa shape index (κ1) is 28.4. The van der Waals surface area contributed by atoms with Crippen LogP contribution >= 0.6 is 0 Å². The number of sulfonamides is 1. The van der Waals surface area contributed by atoms with E-state index in [-0.39, 0.29) is 24.8 Å². The fourth-order valence-corrected chi connectivity index (χ4v) is 5.14. The summed E-state index contributed by atoms with van der Waals surface area (Å²) in [6.07, 6.45) is 2.97. The van der Waals surface area contributed by atoms with Crippen LogP contribution < -0.4 is 9.62 Å². The van der Waals surface area contributed by atoms with E-state index in [0.717, 1.165) is 23.1 Å². The van der Waals surface area contributed by atoms with Gasteiger partial charge in [-0.3, -0.25) is 13.9 Å². The van der Waals surface area contributed by atoms with E-state index in [9.17, 15) is 18.0 Å². The number of carbonyl (C=O) groups is 2. The van der Waals surface area contributed by atoms with E-state index < -0.39 is 16.1 Å². The molecule has 2 amide bonds. The summed E-state index contributed by atoms with van der Waals surface area (Å²) in [5, 5.41) is 2.92. The minimum Gasteiger partial charge on any atom is -0.354 e. The minimum absolute atomic E-state index is 0.140. The lowest BCUT2D eigenvalue weighted by Crippen LogP contribution is -2.49. The number of carbonyl (C=O) groups excluding carboxylic acids is 2. The molecular formula is C27H39N3O4S. The molecule has 8 heteroatoms. The van der Waals surface area contributed by atoms with Crippen LogP contribution in [0, 0.1) is 13.8 Å². The molecule has 0 spiro atoms. The maximum absolute atomic E-state index is 13.4. The summed E-state index contributed by atoms with van der Waals surface area (Å²) < 4.78 is 26.3. The molecule has 0 aliphatic rings. The summed E-state index contributed by atoms with van der Waals surface area (Å²) in [5.74, 6) is -0.323. The van der Waals surface area contributed by atoms with Gasteiger partial charge in [-0.25, -0.2) is 8.42 Å². The Labute approximate surface area is 210 Å². The highest BCUT2D eigenvalue weighted by molar-refractivity contribution is 7.92. The van der Waals surface area contributed by atoms with Crippen LogP contribution in [0.4, 0.5) is 5.69 Å². The molecule has 0 aromatic heterocycles. The second kappa shape index (κ2) is 13.3. The Morgan fingerprint density at radius 1 is 1.03 bits per heavy atom. The summed E-state index contributed by atoms with van der Waals surface area (Å²) >= 11 is 0. The van der Waals surface area contributed by atoms with E-state index in [1.807, 2.05) is 64.1 Å². The van der Waals surface area contributed by atoms with Gasteiger partial charge >= 0.3 is 0 Å². The van der Waals surface area contributed by atoms with Crippen molar-refractivity contribution in [3.05, 3.63) is 65.2 Å². The fourth-order valence-electron chi connectivity index (χ4n) is 4.12. The van der Waals surface area contributed by atoms with Crippen LogP contribution in [0.5, 0.6) is 0 Å². The van der Waals surface area contributed by atoms with Gasteiger partial charge in [-0.1, -0.05) is 61.9 Å². The minimum atomic E-state index is -3.51. The van der Waals surface area contributed by atoms with Gasteiger partial charge in [0.05, 0.1) is 11.9 Å². The van der Waals surface area contributed by atoms with Crippen molar-refractivity contribution in [1.29, 1.82) is 0 Å². The number of benzene rings is 2. The van der Waals surface area contributed by atoms with Crippen molar-refractivity contribution in [2.45, 2.75) is 66.0 Å². The summed E-state index contributed by atoms with van der Waals surface area (Å²) in [6.45, 7) is 8.81. The first-order valence-electron chi connectivity index (χ1n) is 12.2. The van der Waals surface area contributed by atoms with Crippen molar-refractivity contribution >= 4 is 27.5 Å². The first-order chi connectivity index (χ1) is 16.6. The highest BCUT2D eigenvalue weighted by Gasteiger charge is 2.28. The number of nitrogens with zero attached hydrogens (tertiary/aromatic N) is 2. The molecule has 0 aliphatic carbocycles. The Morgan fingerprint density at radius 2 is 1.74 bits per heavy atom. The molecule has 2 rings (SSSR count). The first-order valence-corrected chi connectivity index (χ1v) is 14.1. The van der Waals surface area contributed by atoms with E-state index in [0.29, 0.717) is 31.6 Å². The Morgan fingerprint density at radius 3 is 2.34 bits per heavy atom. The molecule has 0 aliphatic heterocycles. The predicted molar refractivity (Wildman–Crippen MR) is 142 cm³/mol. The van der Waals surface area contributed by atoms with Crippen LogP contribution in [0.2, 0.25) is 0 Å². The third-order valence-corrected chi connectivity index (χ3v) is 7.09. The Hall–Kier alpha value is -2.87. The zero-order chi connectivity index (χ0) is 26.0. The third-order valence-electron chi connectivity index (χ3n) is 5.91. The van der Waals surface area contributed by atoms with Gasteiger partial charge in [0, 0.05) is 26.1 Å². The zero-order valence-corrected chi connectivity index (χ0v) is 22.4. The number of rotatable bonds is 13. The fraction of sp³-hybridized carbons (Fsp3) is 0.481. The van der Waals surface area contributed by atoms with Crippen LogP contribution in [0.15, 0.2) is 48.5 Å². The number of amides is 2. The quantitative estimate of drug-likeness (QED) is 0.446. The van der Waals surface area contributed by atoms with E-state index in [1.54, 1.807) is 17.0 Å². The lowest BCUT2D eigenvalue weighted by molar-refractivity contribution is -0.141. The molecule has 0 unspecified atom stereocenters. The average molecular weight is 502 g/mol. The van der Waals surface area contributed by atoms with Crippen LogP contribution in [0.3, 0.4) is 0 Å². The number of para-hydroxylation sites is 1. The largest absolute Gasteiger partial charge is 0.354 e. The van der Waals surface area contributed by atoms with Crippen molar-refractivity contribution in [2.75, 3.05) is 23.7 Å². The molecule has 0 radical (unpaired) electrons. The van der Waals surface area contributed by atoms with Gasteiger partial charge in [-0.05, 0) is 50.3 Å². The molecule has 0 saturated carbocycles. The molecule has 35 heavy (non-hydrogen) atoms. The Balaban J connectivity index is 2.21. The van der Waals surface area contributed by atoms with Crippen LogP contribution in [0.25, 0.3) is 0 Å². The van der Waals surface area contributed by atoms with Gasteiger partial charge in [-0.2, -0.15) is 0 Å². The van der Waals surface area contributed by atoms with Crippen molar-refractivity contribution in [1.82, 2.24) is 10.2 Å². The van der Waals surface area contributed by atoms with Crippen molar-refractivity contribution < 1.29 is 18.0 Å². The van der Waals surface area contributed by atoms with Gasteiger partial charge in [0.15, 0.2) is 0 Å². The van der Waals surface area contributed by atoms with Crippen molar-refractivity contribution in [3.63, 3.8) is 0 Å². The smallest absolute Gasteiger partial charge is 0.242 e. The molecule has 1 atom stereocenters. The molecule has 7 nitrogen and oxygen atoms in total. The number of hydrogen-bond donors (Lipinski definition) is 1. The summed E-state index contributed by atoms with van der Waals surface area (Å²) in [6, 6.07) is 14.6. The lowest BCUT2D eigenvalue weighted by Gasteiger charge is -2.31. The number of nitrogens with one attached hydrogen (secondary N) is 1. The standard InChI is InChI=1S/C27H39N3O4S/c1-6-17-28-27(32)24(7-2)29(20-23-14-10-12-21(3)19-23)26(31)16-11-18-30(35(5,33)34)25-15-9-8-13-22(25)4/h8-10,12-15,19,24H,6-7,11,16-18,20H2,1-5H3,(H,28,32)/t24-/m0/s1. The lowest BCUT2D eigenvalue weighted by atomic mass is 10.1. The molecule has 192 valence electrons. The zero-order valence-electron chi connectivity index (χ0n) is 21.6. The Bertz CT molecular complexity index is 1100. The van der Waals surface area contributed by atoms with Crippen molar-refractivity contribution in [3.8, 4) is 0 Å². The average Bonchev–Trinajstić information content (AvgIpc) is 2.80. The van der Waals surface area contributed by atoms with Gasteiger partial charge in [0.2, 0.25) is 21.8 Å². The molecule has 0 saturated heterocycles. The summed E-state index contributed by atoms with van der Waals surface area (Å²) in [5.41, 5.74) is 3.51. The van der Waals surface area contributed by atoms with E-state index >= 15 is 0 Å². The van der Waals surface area contributed by atoms with E-state index in [2.05, 4.69) is 5.32 Å². The summed E-state index contributed by atoms with van der Waals surface area (Å²) in [4.78, 5) is 27.9. The number of hydrogen-bond acceptors (Lipinski definition) is 4. The predicted octanol–water partition coefficient (Wildman–Crippen LogP) is 4.18. The number of anilines is 1. The topological polar surface area (TPSA) is 86.8 Å².